The molecule has 0 radical (unpaired) electrons. The van der Waals surface area contributed by atoms with Gasteiger partial charge in [0.05, 0.1) is 5.41 Å². The lowest BCUT2D eigenvalue weighted by Gasteiger charge is -1.90. The lowest BCUT2D eigenvalue weighted by atomic mass is 10.2. The highest BCUT2D eigenvalue weighted by Crippen LogP contribution is 2.02. The molecule has 0 aliphatic rings. The van der Waals surface area contributed by atoms with E-state index in [2.05, 4.69) is 0 Å². The van der Waals surface area contributed by atoms with Crippen molar-refractivity contribution in [2.45, 2.75) is 6.92 Å². The van der Waals surface area contributed by atoms with Crippen molar-refractivity contribution >= 4 is 21.9 Å². The molecule has 0 spiro atoms. The third-order valence-corrected chi connectivity index (χ3v) is 2.79. The minimum absolute atomic E-state index is 0.732. The largest absolute Gasteiger partial charge is 0.399 e. The molecule has 2 rings (SSSR count). The normalized spacial score (nSPS) is 10.9. The number of nitrogens with two attached hydrogens (primary N) is 1. The zero-order chi connectivity index (χ0) is 15.0. The van der Waals surface area contributed by atoms with Crippen LogP contribution in [-0.2, 0) is 10.1 Å². The molecule has 0 atom stereocenters. The number of anilines is 1. The molecular formula is C15H17NO3S. The fourth-order valence-corrected chi connectivity index (χ4v) is 1.62. The smallest absolute Gasteiger partial charge is 0.287 e. The van der Waals surface area contributed by atoms with Gasteiger partial charge >= 0.3 is 0 Å². The predicted octanol–water partition coefficient (Wildman–Crippen LogP) is 3.12. The number of nitrogen functional groups attached to an aromatic ring is 1. The summed E-state index contributed by atoms with van der Waals surface area (Å²) >= 11 is 0. The summed E-state index contributed by atoms with van der Waals surface area (Å²) in [6.45, 7) is 2.04. The SMILES string of the molecule is Cc1ccc(N)cc1.O=S(=O)(O)/C=C/c1ccccc1. The lowest BCUT2D eigenvalue weighted by Crippen LogP contribution is -1.88. The molecule has 0 saturated heterocycles. The molecule has 0 bridgehead atoms. The zero-order valence-corrected chi connectivity index (χ0v) is 11.9. The molecule has 0 aliphatic heterocycles. The highest BCUT2D eigenvalue weighted by atomic mass is 32.2. The first-order valence-electron chi connectivity index (χ1n) is 5.89. The van der Waals surface area contributed by atoms with E-state index in [9.17, 15) is 8.42 Å². The summed E-state index contributed by atoms with van der Waals surface area (Å²) < 4.78 is 28.9. The first-order chi connectivity index (χ1) is 9.37. The summed E-state index contributed by atoms with van der Waals surface area (Å²) in [6, 6.07) is 16.6. The minimum atomic E-state index is -4.00. The minimum Gasteiger partial charge on any atom is -0.399 e. The van der Waals surface area contributed by atoms with Crippen LogP contribution in [0.3, 0.4) is 0 Å². The molecule has 20 heavy (non-hydrogen) atoms. The van der Waals surface area contributed by atoms with Crippen molar-refractivity contribution in [1.82, 2.24) is 0 Å². The molecule has 3 N–H and O–H groups in total. The molecule has 0 amide bonds. The van der Waals surface area contributed by atoms with Crippen LogP contribution in [0.2, 0.25) is 0 Å². The van der Waals surface area contributed by atoms with Gasteiger partial charge in [0, 0.05) is 5.69 Å². The van der Waals surface area contributed by atoms with Crippen LogP contribution in [0.5, 0.6) is 0 Å². The van der Waals surface area contributed by atoms with Crippen molar-refractivity contribution in [2.75, 3.05) is 5.73 Å². The van der Waals surface area contributed by atoms with Crippen LogP contribution in [0.4, 0.5) is 5.69 Å². The van der Waals surface area contributed by atoms with Gasteiger partial charge in [-0.3, -0.25) is 4.55 Å². The number of benzene rings is 2. The van der Waals surface area contributed by atoms with Gasteiger partial charge in [0.15, 0.2) is 0 Å². The second kappa shape index (κ2) is 7.47. The van der Waals surface area contributed by atoms with E-state index in [4.69, 9.17) is 10.3 Å². The number of aryl methyl sites for hydroxylation is 1. The van der Waals surface area contributed by atoms with Gasteiger partial charge in [-0.25, -0.2) is 0 Å². The molecule has 0 aliphatic carbocycles. The topological polar surface area (TPSA) is 80.4 Å². The van der Waals surface area contributed by atoms with E-state index >= 15 is 0 Å². The summed E-state index contributed by atoms with van der Waals surface area (Å²) in [5.41, 5.74) is 8.24. The summed E-state index contributed by atoms with van der Waals surface area (Å²) in [5, 5.41) is 0.752. The molecule has 0 aromatic heterocycles. The van der Waals surface area contributed by atoms with Crippen molar-refractivity contribution in [2.24, 2.45) is 0 Å². The fourth-order valence-electron chi connectivity index (χ4n) is 1.30. The van der Waals surface area contributed by atoms with Crippen LogP contribution in [-0.4, -0.2) is 13.0 Å². The Kier molecular flexibility index (Phi) is 5.96. The Morgan fingerprint density at radius 1 is 1.00 bits per heavy atom. The average Bonchev–Trinajstić information content (AvgIpc) is 2.41. The molecule has 5 heteroatoms. The summed E-state index contributed by atoms with van der Waals surface area (Å²) in [6.07, 6.45) is 1.33. The Morgan fingerprint density at radius 3 is 2.00 bits per heavy atom. The van der Waals surface area contributed by atoms with Crippen molar-refractivity contribution in [3.05, 3.63) is 71.1 Å². The molecule has 2 aromatic rings. The van der Waals surface area contributed by atoms with E-state index in [1.165, 1.54) is 11.6 Å². The van der Waals surface area contributed by atoms with Crippen LogP contribution < -0.4 is 5.73 Å². The van der Waals surface area contributed by atoms with Crippen LogP contribution in [0.15, 0.2) is 60.0 Å². The maximum Gasteiger partial charge on any atom is 0.287 e. The van der Waals surface area contributed by atoms with Crippen LogP contribution in [0, 0.1) is 6.92 Å². The molecule has 4 nitrogen and oxygen atoms in total. The molecule has 0 saturated carbocycles. The molecule has 0 heterocycles. The Balaban J connectivity index is 0.000000217. The first-order valence-corrected chi connectivity index (χ1v) is 7.40. The molecule has 106 valence electrons. The number of hydrogen-bond acceptors (Lipinski definition) is 3. The van der Waals surface area contributed by atoms with E-state index in [1.54, 1.807) is 24.3 Å². The Hall–Kier alpha value is -2.11. The van der Waals surface area contributed by atoms with E-state index in [0.717, 1.165) is 16.7 Å². The lowest BCUT2D eigenvalue weighted by molar-refractivity contribution is 0.494. The van der Waals surface area contributed by atoms with Gasteiger partial charge in [0.1, 0.15) is 0 Å². The third-order valence-electron chi connectivity index (χ3n) is 2.31. The van der Waals surface area contributed by atoms with E-state index in [-0.39, 0.29) is 0 Å². The van der Waals surface area contributed by atoms with Crippen molar-refractivity contribution in [3.8, 4) is 0 Å². The maximum absolute atomic E-state index is 10.3. The van der Waals surface area contributed by atoms with Gasteiger partial charge in [-0.2, -0.15) is 8.42 Å². The van der Waals surface area contributed by atoms with Crippen LogP contribution in [0.25, 0.3) is 6.08 Å². The molecule has 0 fully saturated rings. The molecular weight excluding hydrogens is 274 g/mol. The Labute approximate surface area is 119 Å². The maximum atomic E-state index is 10.3. The number of hydrogen-bond donors (Lipinski definition) is 2. The highest BCUT2D eigenvalue weighted by Gasteiger charge is 1.94. The first kappa shape index (κ1) is 15.9. The summed E-state index contributed by atoms with van der Waals surface area (Å²) in [5.74, 6) is 0. The summed E-state index contributed by atoms with van der Waals surface area (Å²) in [7, 11) is -4.00. The van der Waals surface area contributed by atoms with E-state index in [1.807, 2.05) is 37.3 Å². The van der Waals surface area contributed by atoms with Gasteiger partial charge in [0.25, 0.3) is 10.1 Å². The van der Waals surface area contributed by atoms with Gasteiger partial charge in [-0.15, -0.1) is 0 Å². The Morgan fingerprint density at radius 2 is 1.55 bits per heavy atom. The van der Waals surface area contributed by atoms with Gasteiger partial charge < -0.3 is 5.73 Å². The van der Waals surface area contributed by atoms with Crippen molar-refractivity contribution < 1.29 is 13.0 Å². The standard InChI is InChI=1S/C8H8O3S.C7H9N/c9-12(10,11)7-6-8-4-2-1-3-5-8;1-6-2-4-7(8)5-3-6/h1-7H,(H,9,10,11);2-5H,8H2,1H3/b7-6+;. The van der Waals surface area contributed by atoms with Gasteiger partial charge in [-0.1, -0.05) is 48.0 Å². The summed E-state index contributed by atoms with van der Waals surface area (Å²) in [4.78, 5) is 0. The predicted molar refractivity (Wildman–Crippen MR) is 82.6 cm³/mol. The van der Waals surface area contributed by atoms with Gasteiger partial charge in [-0.05, 0) is 30.7 Å². The zero-order valence-electron chi connectivity index (χ0n) is 11.1. The van der Waals surface area contributed by atoms with E-state index < -0.39 is 10.1 Å². The van der Waals surface area contributed by atoms with E-state index in [0.29, 0.717) is 0 Å². The molecule has 0 unspecified atom stereocenters. The third kappa shape index (κ3) is 7.35. The fraction of sp³-hybridized carbons (Fsp3) is 0.0667. The monoisotopic (exact) mass is 291 g/mol. The Bertz CT molecular complexity index is 626. The second-order valence-electron chi connectivity index (χ2n) is 4.14. The second-order valence-corrected chi connectivity index (χ2v) is 5.44. The highest BCUT2D eigenvalue weighted by molar-refractivity contribution is 7.88. The molecule has 2 aromatic carbocycles. The average molecular weight is 291 g/mol. The quantitative estimate of drug-likeness (QED) is 0.658. The van der Waals surface area contributed by atoms with Crippen LogP contribution >= 0.6 is 0 Å². The van der Waals surface area contributed by atoms with Crippen molar-refractivity contribution in [1.29, 1.82) is 0 Å². The van der Waals surface area contributed by atoms with Crippen molar-refractivity contribution in [3.63, 3.8) is 0 Å². The van der Waals surface area contributed by atoms with Crippen LogP contribution in [0.1, 0.15) is 11.1 Å². The van der Waals surface area contributed by atoms with Gasteiger partial charge in [0.2, 0.25) is 0 Å². The number of rotatable bonds is 2.